The fraction of sp³-hybridized carbons (Fsp3) is 1.00. The van der Waals surface area contributed by atoms with Gasteiger partial charge >= 0.3 is 0 Å². The summed E-state index contributed by atoms with van der Waals surface area (Å²) in [7, 11) is -4.27. The van der Waals surface area contributed by atoms with E-state index in [1.165, 1.54) is 6.42 Å². The molecule has 0 spiro atoms. The average Bonchev–Trinajstić information content (AvgIpc) is 2.13. The van der Waals surface area contributed by atoms with Crippen molar-refractivity contribution in [3.8, 4) is 0 Å². The van der Waals surface area contributed by atoms with E-state index in [1.807, 2.05) is 0 Å². The molecule has 0 aromatic rings. The van der Waals surface area contributed by atoms with Crippen molar-refractivity contribution in [3.05, 3.63) is 0 Å². The molecule has 1 rings (SSSR count). The van der Waals surface area contributed by atoms with Gasteiger partial charge in [0.15, 0.2) is 5.79 Å². The molecule has 1 aliphatic carbocycles. The maximum Gasteiger partial charge on any atom is 0.269 e. The fourth-order valence-electron chi connectivity index (χ4n) is 2.14. The Kier molecular flexibility index (Phi) is 4.70. The van der Waals surface area contributed by atoms with Crippen molar-refractivity contribution in [1.82, 2.24) is 5.32 Å². The lowest BCUT2D eigenvalue weighted by atomic mass is 9.89. The summed E-state index contributed by atoms with van der Waals surface area (Å²) in [5.41, 5.74) is 0. The Morgan fingerprint density at radius 3 is 2.44 bits per heavy atom. The van der Waals surface area contributed by atoms with Crippen LogP contribution >= 0.6 is 0 Å². The summed E-state index contributed by atoms with van der Waals surface area (Å²) in [5, 5.41) is 2.58. The Hall–Kier alpha value is -0.200. The summed E-state index contributed by atoms with van der Waals surface area (Å²) in [6.07, 6.45) is 5.68. The minimum atomic E-state index is -4.27. The molecule has 96 valence electrons. The summed E-state index contributed by atoms with van der Waals surface area (Å²) in [5.74, 6) is -2.53. The molecule has 0 aliphatic heterocycles. The molecule has 0 unspecified atom stereocenters. The third-order valence-corrected chi connectivity index (χ3v) is 3.84. The molecule has 0 bridgehead atoms. The van der Waals surface area contributed by atoms with Gasteiger partial charge in [-0.05, 0) is 25.7 Å². The van der Waals surface area contributed by atoms with E-state index in [1.54, 1.807) is 0 Å². The summed E-state index contributed by atoms with van der Waals surface area (Å²) in [6.45, 7) is 1.62. The molecule has 0 aromatic carbocycles. The second kappa shape index (κ2) is 5.42. The number of rotatable bonds is 5. The largest absolute Gasteiger partial charge is 0.285 e. The van der Waals surface area contributed by atoms with E-state index in [9.17, 15) is 12.8 Å². The highest BCUT2D eigenvalue weighted by atomic mass is 32.2. The van der Waals surface area contributed by atoms with Gasteiger partial charge in [-0.15, -0.1) is 0 Å². The first-order valence-corrected chi connectivity index (χ1v) is 7.28. The predicted molar refractivity (Wildman–Crippen MR) is 60.5 cm³/mol. The summed E-state index contributed by atoms with van der Waals surface area (Å²) in [6, 6.07) is 0. The molecule has 0 amide bonds. The van der Waals surface area contributed by atoms with Crippen LogP contribution < -0.4 is 5.32 Å². The molecule has 6 heteroatoms. The Labute approximate surface area is 96.4 Å². The zero-order valence-corrected chi connectivity index (χ0v) is 10.4. The Bertz CT molecular complexity index is 310. The summed E-state index contributed by atoms with van der Waals surface area (Å²) < 4.78 is 43.4. The van der Waals surface area contributed by atoms with Gasteiger partial charge in [0.1, 0.15) is 5.75 Å². The molecule has 1 saturated carbocycles. The molecular formula is C10H20FNO3S. The second-order valence-corrected chi connectivity index (χ2v) is 6.26. The first kappa shape index (κ1) is 13.9. The van der Waals surface area contributed by atoms with Crippen molar-refractivity contribution in [2.24, 2.45) is 5.92 Å². The van der Waals surface area contributed by atoms with Crippen molar-refractivity contribution in [3.63, 3.8) is 0 Å². The van der Waals surface area contributed by atoms with Gasteiger partial charge in [-0.25, -0.2) is 4.39 Å². The van der Waals surface area contributed by atoms with Crippen molar-refractivity contribution >= 4 is 10.1 Å². The smallest absolute Gasteiger partial charge is 0.269 e. The molecular weight excluding hydrogens is 233 g/mol. The fourth-order valence-corrected chi connectivity index (χ4v) is 2.93. The highest BCUT2D eigenvalue weighted by molar-refractivity contribution is 7.85. The maximum atomic E-state index is 13.7. The molecule has 1 atom stereocenters. The zero-order valence-electron chi connectivity index (χ0n) is 9.58. The van der Waals surface area contributed by atoms with Gasteiger partial charge in [0, 0.05) is 6.54 Å². The van der Waals surface area contributed by atoms with E-state index in [0.717, 1.165) is 32.6 Å². The van der Waals surface area contributed by atoms with Crippen LogP contribution in [0.5, 0.6) is 0 Å². The summed E-state index contributed by atoms with van der Waals surface area (Å²) >= 11 is 0. The highest BCUT2D eigenvalue weighted by Gasteiger charge is 2.30. The van der Waals surface area contributed by atoms with Gasteiger partial charge in [-0.2, -0.15) is 8.42 Å². The van der Waals surface area contributed by atoms with Crippen LogP contribution in [0.2, 0.25) is 0 Å². The van der Waals surface area contributed by atoms with Gasteiger partial charge in [0.2, 0.25) is 0 Å². The standard InChI is InChI=1S/C10H20FNO3S/c1-10(11,8-16(13,14)15)12-7-9-5-3-2-4-6-9/h9,12H,2-8H2,1H3,(H,13,14,15)/t10-/m1/s1. The minimum absolute atomic E-state index is 0.422. The van der Waals surface area contributed by atoms with E-state index in [4.69, 9.17) is 4.55 Å². The first-order chi connectivity index (χ1) is 7.29. The normalized spacial score (nSPS) is 22.9. The van der Waals surface area contributed by atoms with Crippen LogP contribution in [-0.4, -0.2) is 31.1 Å². The van der Waals surface area contributed by atoms with Crippen LogP contribution in [0.15, 0.2) is 0 Å². The molecule has 4 nitrogen and oxygen atoms in total. The third kappa shape index (κ3) is 5.77. The SMILES string of the molecule is C[C@](F)(CS(=O)(=O)O)NCC1CCCCC1. The monoisotopic (exact) mass is 253 g/mol. The Morgan fingerprint density at radius 1 is 1.38 bits per heavy atom. The minimum Gasteiger partial charge on any atom is -0.285 e. The molecule has 1 aliphatic rings. The number of nitrogens with one attached hydrogen (secondary N) is 1. The molecule has 2 N–H and O–H groups in total. The molecule has 0 aromatic heterocycles. The lowest BCUT2D eigenvalue weighted by Gasteiger charge is -2.26. The van der Waals surface area contributed by atoms with Crippen LogP contribution in [0.25, 0.3) is 0 Å². The van der Waals surface area contributed by atoms with Crippen molar-refractivity contribution < 1.29 is 17.4 Å². The van der Waals surface area contributed by atoms with E-state index >= 15 is 0 Å². The van der Waals surface area contributed by atoms with Gasteiger partial charge < -0.3 is 0 Å². The van der Waals surface area contributed by atoms with Crippen molar-refractivity contribution in [2.45, 2.75) is 44.8 Å². The van der Waals surface area contributed by atoms with E-state index in [-0.39, 0.29) is 0 Å². The predicted octanol–water partition coefficient (Wildman–Crippen LogP) is 1.73. The van der Waals surface area contributed by atoms with E-state index < -0.39 is 21.7 Å². The van der Waals surface area contributed by atoms with Gasteiger partial charge in [0.25, 0.3) is 10.1 Å². The number of alkyl halides is 1. The maximum absolute atomic E-state index is 13.7. The van der Waals surface area contributed by atoms with E-state index in [2.05, 4.69) is 5.32 Å². The van der Waals surface area contributed by atoms with Crippen LogP contribution in [0.4, 0.5) is 4.39 Å². The topological polar surface area (TPSA) is 66.4 Å². The lowest BCUT2D eigenvalue weighted by molar-refractivity contribution is 0.149. The van der Waals surface area contributed by atoms with Gasteiger partial charge in [-0.3, -0.25) is 9.87 Å². The Morgan fingerprint density at radius 2 is 1.94 bits per heavy atom. The number of hydrogen-bond acceptors (Lipinski definition) is 3. The van der Waals surface area contributed by atoms with Crippen LogP contribution in [0, 0.1) is 5.92 Å². The van der Waals surface area contributed by atoms with Crippen LogP contribution in [-0.2, 0) is 10.1 Å². The Balaban J connectivity index is 2.34. The number of hydrogen-bond donors (Lipinski definition) is 2. The van der Waals surface area contributed by atoms with Crippen LogP contribution in [0.3, 0.4) is 0 Å². The van der Waals surface area contributed by atoms with Gasteiger partial charge in [-0.1, -0.05) is 19.3 Å². The lowest BCUT2D eigenvalue weighted by Crippen LogP contribution is -2.46. The molecule has 1 fully saturated rings. The third-order valence-electron chi connectivity index (χ3n) is 2.94. The second-order valence-electron chi connectivity index (χ2n) is 4.81. The summed E-state index contributed by atoms with van der Waals surface area (Å²) in [4.78, 5) is 0. The quantitative estimate of drug-likeness (QED) is 0.578. The molecule has 0 saturated heterocycles. The van der Waals surface area contributed by atoms with E-state index in [0.29, 0.717) is 12.5 Å². The highest BCUT2D eigenvalue weighted by Crippen LogP contribution is 2.23. The zero-order chi connectivity index (χ0) is 12.2. The van der Waals surface area contributed by atoms with Gasteiger partial charge in [0.05, 0.1) is 0 Å². The van der Waals surface area contributed by atoms with Crippen LogP contribution in [0.1, 0.15) is 39.0 Å². The molecule has 16 heavy (non-hydrogen) atoms. The molecule has 0 radical (unpaired) electrons. The number of halogens is 1. The average molecular weight is 253 g/mol. The first-order valence-electron chi connectivity index (χ1n) is 5.68. The van der Waals surface area contributed by atoms with Crippen molar-refractivity contribution in [1.29, 1.82) is 0 Å². The molecule has 0 heterocycles. The van der Waals surface area contributed by atoms with Crippen molar-refractivity contribution in [2.75, 3.05) is 12.3 Å².